The number of pyridine rings is 1. The topological polar surface area (TPSA) is 86.9 Å². The van der Waals surface area contributed by atoms with E-state index >= 15 is 0 Å². The summed E-state index contributed by atoms with van der Waals surface area (Å²) in [4.78, 5) is 33.0. The fourth-order valence-corrected chi connectivity index (χ4v) is 4.77. The number of halogens is 1. The predicted octanol–water partition coefficient (Wildman–Crippen LogP) is 5.23. The molecule has 0 aliphatic carbocycles. The number of fused-ring (bicyclic) bond motifs is 1. The first-order valence-corrected chi connectivity index (χ1v) is 12.2. The Labute approximate surface area is 214 Å². The van der Waals surface area contributed by atoms with Gasteiger partial charge in [-0.1, -0.05) is 24.3 Å². The molecule has 3 heterocycles. The van der Waals surface area contributed by atoms with E-state index in [-0.39, 0.29) is 24.1 Å². The molecule has 1 aliphatic rings. The van der Waals surface area contributed by atoms with Crippen molar-refractivity contribution in [2.75, 3.05) is 11.9 Å². The van der Waals surface area contributed by atoms with Crippen LogP contribution in [0.4, 0.5) is 10.1 Å². The molecule has 0 spiro atoms. The first kappa shape index (κ1) is 24.2. The summed E-state index contributed by atoms with van der Waals surface area (Å²) in [6.07, 6.45) is 6.27. The first-order chi connectivity index (χ1) is 17.9. The van der Waals surface area contributed by atoms with Crippen molar-refractivity contribution in [2.45, 2.75) is 26.7 Å². The Kier molecular flexibility index (Phi) is 6.68. The van der Waals surface area contributed by atoms with Crippen molar-refractivity contribution in [1.82, 2.24) is 15.3 Å². The lowest BCUT2D eigenvalue weighted by molar-refractivity contribution is -0.120. The van der Waals surface area contributed by atoms with Gasteiger partial charge in [0.2, 0.25) is 5.91 Å². The van der Waals surface area contributed by atoms with Crippen LogP contribution in [0.25, 0.3) is 22.8 Å². The number of H-pyrrole nitrogens is 1. The summed E-state index contributed by atoms with van der Waals surface area (Å²) in [6, 6.07) is 15.8. The minimum atomic E-state index is -0.336. The minimum absolute atomic E-state index is 0.0594. The van der Waals surface area contributed by atoms with Gasteiger partial charge >= 0.3 is 0 Å². The van der Waals surface area contributed by atoms with Crippen molar-refractivity contribution in [3.05, 3.63) is 106 Å². The van der Waals surface area contributed by atoms with Crippen LogP contribution in [0.1, 0.15) is 33.6 Å². The Morgan fingerprint density at radius 1 is 1.08 bits per heavy atom. The molecule has 0 atom stereocenters. The summed E-state index contributed by atoms with van der Waals surface area (Å²) in [5.74, 6) is -0.617. The molecule has 3 N–H and O–H groups in total. The molecule has 0 saturated heterocycles. The lowest BCUT2D eigenvalue weighted by Crippen LogP contribution is -2.27. The van der Waals surface area contributed by atoms with Gasteiger partial charge in [-0.05, 0) is 84.5 Å². The van der Waals surface area contributed by atoms with Crippen LogP contribution in [0, 0.1) is 19.7 Å². The van der Waals surface area contributed by atoms with E-state index in [0.717, 1.165) is 45.6 Å². The molecule has 2 aromatic heterocycles. The molecule has 7 heteroatoms. The van der Waals surface area contributed by atoms with E-state index in [4.69, 9.17) is 0 Å². The molecular formula is C30H27FN4O2. The summed E-state index contributed by atoms with van der Waals surface area (Å²) in [5.41, 5.74) is 7.98. The SMILES string of the molecule is Cc1[nH]c(/C=C2\C(=O)Nc3cccc(-c4cccc(F)c4)c32)c(C)c1CC(=O)NCCc1ccncc1. The third-order valence-corrected chi connectivity index (χ3v) is 6.70. The van der Waals surface area contributed by atoms with Gasteiger partial charge in [0.05, 0.1) is 12.0 Å². The van der Waals surface area contributed by atoms with Crippen LogP contribution in [0.2, 0.25) is 0 Å². The number of anilines is 1. The van der Waals surface area contributed by atoms with Crippen molar-refractivity contribution in [3.8, 4) is 11.1 Å². The van der Waals surface area contributed by atoms with Crippen molar-refractivity contribution in [3.63, 3.8) is 0 Å². The van der Waals surface area contributed by atoms with E-state index < -0.39 is 0 Å². The van der Waals surface area contributed by atoms with Crippen molar-refractivity contribution < 1.29 is 14.0 Å². The predicted molar refractivity (Wildman–Crippen MR) is 143 cm³/mol. The molecule has 0 fully saturated rings. The number of hydrogen-bond acceptors (Lipinski definition) is 3. The van der Waals surface area contributed by atoms with Gasteiger partial charge in [-0.3, -0.25) is 14.6 Å². The maximum Gasteiger partial charge on any atom is 0.256 e. The van der Waals surface area contributed by atoms with Gasteiger partial charge in [0.1, 0.15) is 5.82 Å². The molecule has 1 aliphatic heterocycles. The lowest BCUT2D eigenvalue weighted by atomic mass is 9.94. The highest BCUT2D eigenvalue weighted by Gasteiger charge is 2.28. The molecule has 5 rings (SSSR count). The fourth-order valence-electron chi connectivity index (χ4n) is 4.77. The van der Waals surface area contributed by atoms with E-state index in [9.17, 15) is 14.0 Å². The zero-order valence-corrected chi connectivity index (χ0v) is 20.7. The van der Waals surface area contributed by atoms with Crippen molar-refractivity contribution in [2.24, 2.45) is 0 Å². The Morgan fingerprint density at radius 2 is 1.86 bits per heavy atom. The second-order valence-electron chi connectivity index (χ2n) is 9.15. The van der Waals surface area contributed by atoms with E-state index in [0.29, 0.717) is 23.4 Å². The molecule has 2 amide bonds. The Morgan fingerprint density at radius 3 is 2.65 bits per heavy atom. The third kappa shape index (κ3) is 5.07. The van der Waals surface area contributed by atoms with Crippen LogP contribution in [0.5, 0.6) is 0 Å². The van der Waals surface area contributed by atoms with Gasteiger partial charge in [0.15, 0.2) is 0 Å². The van der Waals surface area contributed by atoms with Gasteiger partial charge < -0.3 is 15.6 Å². The molecule has 0 unspecified atom stereocenters. The van der Waals surface area contributed by atoms with Crippen LogP contribution >= 0.6 is 0 Å². The number of hydrogen-bond donors (Lipinski definition) is 3. The number of aryl methyl sites for hydroxylation is 1. The second-order valence-corrected chi connectivity index (χ2v) is 9.15. The molecule has 0 saturated carbocycles. The second kappa shape index (κ2) is 10.2. The largest absolute Gasteiger partial charge is 0.359 e. The maximum absolute atomic E-state index is 14.0. The number of aromatic amines is 1. The first-order valence-electron chi connectivity index (χ1n) is 12.2. The molecule has 0 radical (unpaired) electrons. The highest BCUT2D eigenvalue weighted by Crippen LogP contribution is 2.40. The Balaban J connectivity index is 1.39. The van der Waals surface area contributed by atoms with Gasteiger partial charge in [-0.15, -0.1) is 0 Å². The molecular weight excluding hydrogens is 467 g/mol. The molecule has 186 valence electrons. The smallest absolute Gasteiger partial charge is 0.256 e. The van der Waals surface area contributed by atoms with Crippen LogP contribution in [0.3, 0.4) is 0 Å². The zero-order valence-electron chi connectivity index (χ0n) is 20.7. The van der Waals surface area contributed by atoms with Gasteiger partial charge in [-0.25, -0.2) is 4.39 Å². The third-order valence-electron chi connectivity index (χ3n) is 6.70. The number of aromatic nitrogens is 2. The van der Waals surface area contributed by atoms with E-state index in [1.165, 1.54) is 12.1 Å². The van der Waals surface area contributed by atoms with Gasteiger partial charge in [0.25, 0.3) is 5.91 Å². The monoisotopic (exact) mass is 494 g/mol. The standard InChI is InChI=1S/C30H27FN4O2/c1-18-24(17-28(36)33-14-11-20-9-12-32-13-10-20)19(2)34-27(18)16-25-29-23(21-5-3-6-22(31)15-21)7-4-8-26(29)35-30(25)37/h3-10,12-13,15-16,34H,11,14,17H2,1-2H3,(H,33,36)(H,35,37)/b25-16-. The number of nitrogens with zero attached hydrogens (tertiary/aromatic N) is 1. The van der Waals surface area contributed by atoms with Crippen LogP contribution in [-0.4, -0.2) is 28.3 Å². The summed E-state index contributed by atoms with van der Waals surface area (Å²) >= 11 is 0. The summed E-state index contributed by atoms with van der Waals surface area (Å²) in [7, 11) is 0. The summed E-state index contributed by atoms with van der Waals surface area (Å²) < 4.78 is 14.0. The number of carbonyl (C=O) groups is 2. The van der Waals surface area contributed by atoms with E-state index in [1.807, 2.05) is 56.3 Å². The minimum Gasteiger partial charge on any atom is -0.359 e. The molecule has 37 heavy (non-hydrogen) atoms. The van der Waals surface area contributed by atoms with Gasteiger partial charge in [0, 0.05) is 41.6 Å². The summed E-state index contributed by atoms with van der Waals surface area (Å²) in [6.45, 7) is 4.42. The van der Waals surface area contributed by atoms with Crippen LogP contribution in [0.15, 0.2) is 67.0 Å². The average molecular weight is 495 g/mol. The van der Waals surface area contributed by atoms with Crippen molar-refractivity contribution >= 4 is 29.2 Å². The number of nitrogens with one attached hydrogen (secondary N) is 3. The molecule has 2 aromatic carbocycles. The molecule has 6 nitrogen and oxygen atoms in total. The molecule has 4 aromatic rings. The van der Waals surface area contributed by atoms with Crippen molar-refractivity contribution in [1.29, 1.82) is 0 Å². The average Bonchev–Trinajstić information content (AvgIpc) is 3.35. The Bertz CT molecular complexity index is 1520. The van der Waals surface area contributed by atoms with Crippen LogP contribution < -0.4 is 10.6 Å². The number of benzene rings is 2. The summed E-state index contributed by atoms with van der Waals surface area (Å²) in [5, 5.41) is 5.90. The highest BCUT2D eigenvalue weighted by molar-refractivity contribution is 6.36. The van der Waals surface area contributed by atoms with Crippen LogP contribution in [-0.2, 0) is 22.4 Å². The number of amides is 2. The maximum atomic E-state index is 14.0. The highest BCUT2D eigenvalue weighted by atomic mass is 19.1. The van der Waals surface area contributed by atoms with E-state index in [2.05, 4.69) is 20.6 Å². The number of rotatable bonds is 7. The quantitative estimate of drug-likeness (QED) is 0.308. The van der Waals surface area contributed by atoms with E-state index in [1.54, 1.807) is 18.5 Å². The Hall–Kier alpha value is -4.52. The van der Waals surface area contributed by atoms with Gasteiger partial charge in [-0.2, -0.15) is 0 Å². The molecule has 0 bridgehead atoms. The lowest BCUT2D eigenvalue weighted by Gasteiger charge is -2.09. The zero-order chi connectivity index (χ0) is 25.9. The number of carbonyl (C=O) groups excluding carboxylic acids is 2. The fraction of sp³-hybridized carbons (Fsp3) is 0.167. The normalized spacial score (nSPS) is 13.5.